The van der Waals surface area contributed by atoms with Crippen LogP contribution in [0.2, 0.25) is 0 Å². The number of ketones is 1. The summed E-state index contributed by atoms with van der Waals surface area (Å²) in [6.07, 6.45) is 0. The molecule has 0 aliphatic carbocycles. The molecule has 9 heteroatoms. The lowest BCUT2D eigenvalue weighted by molar-refractivity contribution is -0.140. The lowest BCUT2D eigenvalue weighted by Crippen LogP contribution is -2.38. The summed E-state index contributed by atoms with van der Waals surface area (Å²) in [6, 6.07) is 9.19. The van der Waals surface area contributed by atoms with Crippen molar-refractivity contribution in [3.63, 3.8) is 0 Å². The van der Waals surface area contributed by atoms with Crippen LogP contribution in [-0.4, -0.2) is 81.2 Å². The van der Waals surface area contributed by atoms with Crippen molar-refractivity contribution in [3.8, 4) is 23.0 Å². The number of hydrogen-bond acceptors (Lipinski definition) is 8. The van der Waals surface area contributed by atoms with Crippen LogP contribution in [0.25, 0.3) is 5.76 Å². The Balaban J connectivity index is 2.21. The molecule has 36 heavy (non-hydrogen) atoms. The molecule has 1 atom stereocenters. The van der Waals surface area contributed by atoms with Gasteiger partial charge in [-0.3, -0.25) is 9.59 Å². The van der Waals surface area contributed by atoms with Crippen molar-refractivity contribution in [2.75, 3.05) is 54.6 Å². The average Bonchev–Trinajstić information content (AvgIpc) is 3.17. The van der Waals surface area contributed by atoms with Crippen LogP contribution in [0.3, 0.4) is 0 Å². The number of Topliss-reactive ketones (excluding diaryl/α,β-unsaturated/α-hetero) is 1. The summed E-state index contributed by atoms with van der Waals surface area (Å²) >= 11 is 0. The van der Waals surface area contributed by atoms with E-state index in [9.17, 15) is 14.7 Å². The molecule has 194 valence electrons. The van der Waals surface area contributed by atoms with Crippen molar-refractivity contribution in [1.82, 2.24) is 9.80 Å². The van der Waals surface area contributed by atoms with Crippen molar-refractivity contribution >= 4 is 17.4 Å². The highest BCUT2D eigenvalue weighted by atomic mass is 16.5. The monoisotopic (exact) mass is 498 g/mol. The highest BCUT2D eigenvalue weighted by Gasteiger charge is 2.46. The maximum atomic E-state index is 13.3. The quantitative estimate of drug-likeness (QED) is 0.286. The Bertz CT molecular complexity index is 1100. The number of hydrogen-bond donors (Lipinski definition) is 1. The number of aliphatic hydroxyl groups excluding tert-OH is 1. The smallest absolute Gasteiger partial charge is 0.295 e. The van der Waals surface area contributed by atoms with Crippen molar-refractivity contribution < 1.29 is 33.6 Å². The Morgan fingerprint density at radius 2 is 1.50 bits per heavy atom. The molecule has 1 heterocycles. The van der Waals surface area contributed by atoms with E-state index in [1.54, 1.807) is 43.5 Å². The average molecular weight is 499 g/mol. The number of carbonyl (C=O) groups is 2. The van der Waals surface area contributed by atoms with Crippen molar-refractivity contribution in [2.45, 2.75) is 19.9 Å². The summed E-state index contributed by atoms with van der Waals surface area (Å²) < 4.78 is 21.7. The van der Waals surface area contributed by atoms with Crippen LogP contribution in [0.15, 0.2) is 42.0 Å². The zero-order chi connectivity index (χ0) is 26.4. The molecule has 2 aromatic carbocycles. The Kier molecular flexibility index (Phi) is 8.82. The van der Waals surface area contributed by atoms with Gasteiger partial charge in [0, 0.05) is 18.7 Å². The third-order valence-corrected chi connectivity index (χ3v) is 6.46. The van der Waals surface area contributed by atoms with Crippen LogP contribution in [0, 0.1) is 0 Å². The van der Waals surface area contributed by atoms with Crippen LogP contribution < -0.4 is 18.9 Å². The minimum absolute atomic E-state index is 0.000938. The van der Waals surface area contributed by atoms with Gasteiger partial charge in [0.05, 0.1) is 40.1 Å². The van der Waals surface area contributed by atoms with Crippen LogP contribution >= 0.6 is 0 Å². The second-order valence-electron chi connectivity index (χ2n) is 8.21. The lowest BCUT2D eigenvalue weighted by Gasteiger charge is -2.29. The maximum Gasteiger partial charge on any atom is 0.295 e. The molecule has 1 amide bonds. The molecule has 0 aromatic heterocycles. The van der Waals surface area contributed by atoms with E-state index >= 15 is 0 Å². The molecular weight excluding hydrogens is 464 g/mol. The first-order valence-electron chi connectivity index (χ1n) is 11.8. The number of rotatable bonds is 11. The largest absolute Gasteiger partial charge is 0.507 e. The number of methoxy groups -OCH3 is 4. The zero-order valence-corrected chi connectivity index (χ0v) is 21.7. The molecular formula is C27H34N2O7. The molecule has 1 aliphatic heterocycles. The van der Waals surface area contributed by atoms with Crippen molar-refractivity contribution in [3.05, 3.63) is 53.1 Å². The minimum atomic E-state index is -0.851. The first-order valence-corrected chi connectivity index (χ1v) is 11.8. The molecule has 0 unspecified atom stereocenters. The second-order valence-corrected chi connectivity index (χ2v) is 8.21. The maximum absolute atomic E-state index is 13.3. The fourth-order valence-corrected chi connectivity index (χ4v) is 4.41. The van der Waals surface area contributed by atoms with Gasteiger partial charge in [-0.05, 0) is 55.1 Å². The first-order chi connectivity index (χ1) is 17.3. The molecule has 1 N–H and O–H groups in total. The van der Waals surface area contributed by atoms with Gasteiger partial charge in [-0.2, -0.15) is 0 Å². The third-order valence-electron chi connectivity index (χ3n) is 6.46. The number of nitrogens with zero attached hydrogens (tertiary/aromatic N) is 2. The van der Waals surface area contributed by atoms with Crippen LogP contribution in [0.1, 0.15) is 31.0 Å². The van der Waals surface area contributed by atoms with Gasteiger partial charge in [-0.15, -0.1) is 0 Å². The van der Waals surface area contributed by atoms with E-state index in [1.165, 1.54) is 26.2 Å². The second kappa shape index (κ2) is 11.8. The summed E-state index contributed by atoms with van der Waals surface area (Å²) in [7, 11) is 6.03. The molecule has 1 fully saturated rings. The number of likely N-dealkylation sites (N-methyl/N-ethyl adjacent to an activating group) is 1. The van der Waals surface area contributed by atoms with E-state index in [4.69, 9.17) is 18.9 Å². The molecule has 0 spiro atoms. The van der Waals surface area contributed by atoms with E-state index in [-0.39, 0.29) is 11.3 Å². The number of ether oxygens (including phenoxy) is 4. The first kappa shape index (κ1) is 26.9. The number of carbonyl (C=O) groups excluding carboxylic acids is 2. The van der Waals surface area contributed by atoms with Crippen molar-refractivity contribution in [1.29, 1.82) is 0 Å². The van der Waals surface area contributed by atoms with Gasteiger partial charge in [-0.1, -0.05) is 13.8 Å². The summed E-state index contributed by atoms with van der Waals surface area (Å²) in [6.45, 7) is 6.56. The molecule has 1 saturated heterocycles. The number of amides is 1. The Morgan fingerprint density at radius 1 is 0.917 bits per heavy atom. The van der Waals surface area contributed by atoms with Crippen molar-refractivity contribution in [2.24, 2.45) is 0 Å². The lowest BCUT2D eigenvalue weighted by atomic mass is 9.94. The van der Waals surface area contributed by atoms with Gasteiger partial charge < -0.3 is 33.9 Å². The van der Waals surface area contributed by atoms with Crippen LogP contribution in [0.4, 0.5) is 0 Å². The molecule has 1 aliphatic rings. The molecule has 9 nitrogen and oxygen atoms in total. The van der Waals surface area contributed by atoms with E-state index < -0.39 is 17.7 Å². The minimum Gasteiger partial charge on any atom is -0.507 e. The predicted molar refractivity (Wildman–Crippen MR) is 136 cm³/mol. The molecule has 0 saturated carbocycles. The van der Waals surface area contributed by atoms with Gasteiger partial charge in [-0.25, -0.2) is 0 Å². The van der Waals surface area contributed by atoms with E-state index in [2.05, 4.69) is 4.90 Å². The molecule has 0 bridgehead atoms. The van der Waals surface area contributed by atoms with E-state index in [1.807, 2.05) is 13.8 Å². The zero-order valence-electron chi connectivity index (χ0n) is 21.7. The van der Waals surface area contributed by atoms with E-state index in [0.717, 1.165) is 13.1 Å². The van der Waals surface area contributed by atoms with Crippen LogP contribution in [-0.2, 0) is 9.59 Å². The molecule has 2 aromatic rings. The summed E-state index contributed by atoms with van der Waals surface area (Å²) in [5.74, 6) is 0.0698. The Labute approximate surface area is 211 Å². The summed E-state index contributed by atoms with van der Waals surface area (Å²) in [4.78, 5) is 30.2. The SMILES string of the molecule is CCN(CC)CCN1C(=O)C(=O)/C(=C(/O)c2ccc(OC)cc2)[C@H]1c1cc(OC)c(OC)c(OC)c1. The fraction of sp³-hybridized carbons (Fsp3) is 0.407. The summed E-state index contributed by atoms with van der Waals surface area (Å²) in [5.41, 5.74) is 0.951. The summed E-state index contributed by atoms with van der Waals surface area (Å²) in [5, 5.41) is 11.3. The normalized spacial score (nSPS) is 17.0. The van der Waals surface area contributed by atoms with Gasteiger partial charge >= 0.3 is 0 Å². The van der Waals surface area contributed by atoms with Gasteiger partial charge in [0.15, 0.2) is 11.5 Å². The Morgan fingerprint density at radius 3 is 1.97 bits per heavy atom. The highest BCUT2D eigenvalue weighted by molar-refractivity contribution is 6.46. The number of aliphatic hydroxyl groups is 1. The highest BCUT2D eigenvalue weighted by Crippen LogP contribution is 2.45. The van der Waals surface area contributed by atoms with E-state index in [0.29, 0.717) is 47.2 Å². The third kappa shape index (κ3) is 5.11. The molecule has 0 radical (unpaired) electrons. The van der Waals surface area contributed by atoms with Crippen LogP contribution in [0.5, 0.6) is 23.0 Å². The fourth-order valence-electron chi connectivity index (χ4n) is 4.41. The number of benzene rings is 2. The topological polar surface area (TPSA) is 97.8 Å². The standard InChI is InChI=1S/C27H34N2O7/c1-7-28(8-2)13-14-29-23(18-15-20(34-4)26(36-6)21(16-18)35-5)22(25(31)27(29)32)24(30)17-9-11-19(33-3)12-10-17/h9-12,15-16,23,30H,7-8,13-14H2,1-6H3/b24-22+/t23-/m1/s1. The van der Waals surface area contributed by atoms with Gasteiger partial charge in [0.1, 0.15) is 11.5 Å². The predicted octanol–water partition coefficient (Wildman–Crippen LogP) is 3.48. The van der Waals surface area contributed by atoms with Gasteiger partial charge in [0.2, 0.25) is 5.75 Å². The Hall–Kier alpha value is -3.72. The molecule has 3 rings (SSSR count). The van der Waals surface area contributed by atoms with Gasteiger partial charge in [0.25, 0.3) is 11.7 Å². The number of likely N-dealkylation sites (tertiary alicyclic amines) is 1.